The lowest BCUT2D eigenvalue weighted by Gasteiger charge is -2.15. The van der Waals surface area contributed by atoms with E-state index in [4.69, 9.17) is 27.9 Å². The number of hydrogen-bond acceptors (Lipinski definition) is 2. The van der Waals surface area contributed by atoms with E-state index in [9.17, 15) is 0 Å². The molecule has 0 aromatic heterocycles. The molecule has 0 aliphatic rings. The van der Waals surface area contributed by atoms with Crippen LogP contribution in [0.25, 0.3) is 10.8 Å². The van der Waals surface area contributed by atoms with Gasteiger partial charge in [-0.05, 0) is 41.5 Å². The van der Waals surface area contributed by atoms with Crippen LogP contribution >= 0.6 is 23.2 Å². The molecule has 3 aromatic carbocycles. The van der Waals surface area contributed by atoms with E-state index in [1.54, 1.807) is 6.07 Å². The number of nitrogens with one attached hydrogen (secondary N) is 1. The number of anilines is 1. The number of halogens is 2. The van der Waals surface area contributed by atoms with Crippen LogP contribution in [0.5, 0.6) is 5.75 Å². The van der Waals surface area contributed by atoms with Crippen molar-refractivity contribution in [3.8, 4) is 5.75 Å². The molecule has 124 valence electrons. The highest BCUT2D eigenvalue weighted by atomic mass is 35.5. The molecule has 0 radical (unpaired) electrons. The van der Waals surface area contributed by atoms with Crippen molar-refractivity contribution in [3.63, 3.8) is 0 Å². The van der Waals surface area contributed by atoms with Crippen LogP contribution < -0.4 is 10.1 Å². The Morgan fingerprint density at radius 2 is 1.79 bits per heavy atom. The van der Waals surface area contributed by atoms with Crippen LogP contribution in [-0.2, 0) is 6.54 Å². The fraction of sp³-hybridized carbons (Fsp3) is 0.200. The maximum absolute atomic E-state index is 6.09. The molecule has 0 aliphatic carbocycles. The summed E-state index contributed by atoms with van der Waals surface area (Å²) in [5.41, 5.74) is 2.08. The Labute approximate surface area is 152 Å². The Kier molecular flexibility index (Phi) is 5.49. The highest BCUT2D eigenvalue weighted by molar-refractivity contribution is 6.42. The summed E-state index contributed by atoms with van der Waals surface area (Å²) in [5, 5.41) is 6.91. The first-order valence-corrected chi connectivity index (χ1v) is 8.77. The van der Waals surface area contributed by atoms with Crippen molar-refractivity contribution in [2.24, 2.45) is 0 Å². The molecule has 0 amide bonds. The second kappa shape index (κ2) is 7.78. The number of ether oxygens (including phenoxy) is 1. The van der Waals surface area contributed by atoms with Crippen LogP contribution in [0.3, 0.4) is 0 Å². The Morgan fingerprint density at radius 3 is 2.58 bits per heavy atom. The van der Waals surface area contributed by atoms with Crippen molar-refractivity contribution >= 4 is 39.7 Å². The van der Waals surface area contributed by atoms with Gasteiger partial charge in [-0.3, -0.25) is 0 Å². The van der Waals surface area contributed by atoms with Crippen molar-refractivity contribution in [2.75, 3.05) is 11.9 Å². The van der Waals surface area contributed by atoms with Gasteiger partial charge >= 0.3 is 0 Å². The van der Waals surface area contributed by atoms with Gasteiger partial charge in [-0.15, -0.1) is 0 Å². The van der Waals surface area contributed by atoms with E-state index < -0.39 is 0 Å². The molecule has 0 spiro atoms. The van der Waals surface area contributed by atoms with E-state index in [1.165, 1.54) is 10.8 Å². The van der Waals surface area contributed by atoms with Gasteiger partial charge in [-0.1, -0.05) is 60.5 Å². The lowest BCUT2D eigenvalue weighted by molar-refractivity contribution is 0.315. The van der Waals surface area contributed by atoms with Gasteiger partial charge in [0, 0.05) is 17.8 Å². The standard InChI is InChI=1S/C20H19Cl2NO/c1-2-11-24-20-10-7-14-5-3-4-6-16(14)17(20)13-23-15-8-9-18(21)19(22)12-15/h3-10,12,23H,2,11,13H2,1H3. The molecule has 0 bridgehead atoms. The predicted octanol–water partition coefficient (Wildman–Crippen LogP) is 6.55. The minimum atomic E-state index is 0.544. The molecule has 0 heterocycles. The molecule has 3 aromatic rings. The van der Waals surface area contributed by atoms with E-state index in [2.05, 4.69) is 36.5 Å². The third-order valence-corrected chi connectivity index (χ3v) is 4.59. The van der Waals surface area contributed by atoms with Gasteiger partial charge in [0.1, 0.15) is 5.75 Å². The zero-order chi connectivity index (χ0) is 16.9. The molecule has 3 rings (SSSR count). The van der Waals surface area contributed by atoms with E-state index in [0.29, 0.717) is 23.2 Å². The Morgan fingerprint density at radius 1 is 0.958 bits per heavy atom. The maximum Gasteiger partial charge on any atom is 0.124 e. The number of rotatable bonds is 6. The average Bonchev–Trinajstić information content (AvgIpc) is 2.61. The molecule has 2 nitrogen and oxygen atoms in total. The Bertz CT molecular complexity index is 848. The fourth-order valence-electron chi connectivity index (χ4n) is 2.64. The molecule has 24 heavy (non-hydrogen) atoms. The molecule has 0 atom stereocenters. The minimum absolute atomic E-state index is 0.544. The van der Waals surface area contributed by atoms with Gasteiger partial charge in [0.15, 0.2) is 0 Å². The monoisotopic (exact) mass is 359 g/mol. The van der Waals surface area contributed by atoms with Crippen LogP contribution in [-0.4, -0.2) is 6.61 Å². The van der Waals surface area contributed by atoms with Gasteiger partial charge in [0.2, 0.25) is 0 Å². The first-order valence-electron chi connectivity index (χ1n) is 8.01. The molecule has 0 saturated heterocycles. The molecule has 4 heteroatoms. The Hall–Kier alpha value is -1.90. The van der Waals surface area contributed by atoms with E-state index in [-0.39, 0.29) is 0 Å². The number of benzene rings is 3. The third-order valence-electron chi connectivity index (χ3n) is 3.85. The number of hydrogen-bond donors (Lipinski definition) is 1. The second-order valence-corrected chi connectivity index (χ2v) is 6.41. The minimum Gasteiger partial charge on any atom is -0.493 e. The summed E-state index contributed by atoms with van der Waals surface area (Å²) in [6.07, 6.45) is 0.979. The predicted molar refractivity (Wildman–Crippen MR) is 104 cm³/mol. The Balaban J connectivity index is 1.91. The summed E-state index contributed by atoms with van der Waals surface area (Å²) in [6, 6.07) is 18.0. The normalized spacial score (nSPS) is 10.8. The lowest BCUT2D eigenvalue weighted by Crippen LogP contribution is -2.05. The summed E-state index contributed by atoms with van der Waals surface area (Å²) >= 11 is 12.1. The van der Waals surface area contributed by atoms with Crippen molar-refractivity contribution in [1.29, 1.82) is 0 Å². The summed E-state index contributed by atoms with van der Waals surface area (Å²) < 4.78 is 5.94. The molecular weight excluding hydrogens is 341 g/mol. The SMILES string of the molecule is CCCOc1ccc2ccccc2c1CNc1ccc(Cl)c(Cl)c1. The third kappa shape index (κ3) is 3.77. The summed E-state index contributed by atoms with van der Waals surface area (Å²) in [6.45, 7) is 3.46. The van der Waals surface area contributed by atoms with Crippen molar-refractivity contribution in [3.05, 3.63) is 70.2 Å². The van der Waals surface area contributed by atoms with Crippen molar-refractivity contribution in [2.45, 2.75) is 19.9 Å². The first kappa shape index (κ1) is 16.9. The average molecular weight is 360 g/mol. The highest BCUT2D eigenvalue weighted by Gasteiger charge is 2.09. The van der Waals surface area contributed by atoms with Gasteiger partial charge in [0.05, 0.1) is 16.7 Å². The first-order chi connectivity index (χ1) is 11.7. The van der Waals surface area contributed by atoms with Gasteiger partial charge in [-0.2, -0.15) is 0 Å². The largest absolute Gasteiger partial charge is 0.493 e. The topological polar surface area (TPSA) is 21.3 Å². The van der Waals surface area contributed by atoms with Crippen molar-refractivity contribution < 1.29 is 4.74 Å². The summed E-state index contributed by atoms with van der Waals surface area (Å²) in [5.74, 6) is 0.920. The quantitative estimate of drug-likeness (QED) is 0.538. The molecule has 0 fully saturated rings. The van der Waals surface area contributed by atoms with Crippen LogP contribution in [0.15, 0.2) is 54.6 Å². The number of fused-ring (bicyclic) bond motifs is 1. The van der Waals surface area contributed by atoms with Gasteiger partial charge in [-0.25, -0.2) is 0 Å². The van der Waals surface area contributed by atoms with E-state index in [0.717, 1.165) is 23.4 Å². The molecule has 0 saturated carbocycles. The smallest absolute Gasteiger partial charge is 0.124 e. The summed E-state index contributed by atoms with van der Waals surface area (Å²) in [7, 11) is 0. The lowest BCUT2D eigenvalue weighted by atomic mass is 10.0. The van der Waals surface area contributed by atoms with E-state index in [1.807, 2.05) is 24.3 Å². The van der Waals surface area contributed by atoms with Crippen LogP contribution in [0, 0.1) is 0 Å². The maximum atomic E-state index is 6.09. The van der Waals surface area contributed by atoms with Gasteiger partial charge in [0.25, 0.3) is 0 Å². The molecule has 0 aliphatic heterocycles. The zero-order valence-corrected chi connectivity index (χ0v) is 15.0. The molecular formula is C20H19Cl2NO. The van der Waals surface area contributed by atoms with Crippen LogP contribution in [0.2, 0.25) is 10.0 Å². The molecule has 1 N–H and O–H groups in total. The second-order valence-electron chi connectivity index (χ2n) is 5.59. The van der Waals surface area contributed by atoms with Gasteiger partial charge < -0.3 is 10.1 Å². The van der Waals surface area contributed by atoms with Crippen LogP contribution in [0.1, 0.15) is 18.9 Å². The highest BCUT2D eigenvalue weighted by Crippen LogP contribution is 2.30. The fourth-order valence-corrected chi connectivity index (χ4v) is 2.94. The zero-order valence-electron chi connectivity index (χ0n) is 13.5. The van der Waals surface area contributed by atoms with Crippen LogP contribution in [0.4, 0.5) is 5.69 Å². The molecule has 0 unspecified atom stereocenters. The summed E-state index contributed by atoms with van der Waals surface area (Å²) in [4.78, 5) is 0. The van der Waals surface area contributed by atoms with Crippen molar-refractivity contribution in [1.82, 2.24) is 0 Å². The van der Waals surface area contributed by atoms with E-state index >= 15 is 0 Å².